The molecular weight excluding hydrogens is 364 g/mol. The molecule has 7 heteroatoms. The molecule has 0 bridgehead atoms. The zero-order valence-corrected chi connectivity index (χ0v) is 16.0. The number of rotatable bonds is 6. The summed E-state index contributed by atoms with van der Waals surface area (Å²) < 4.78 is 0. The van der Waals surface area contributed by atoms with Crippen LogP contribution < -0.4 is 10.6 Å². The third kappa shape index (κ3) is 5.81. The fourth-order valence-corrected chi connectivity index (χ4v) is 2.89. The minimum Gasteiger partial charge on any atom is -0.346 e. The Morgan fingerprint density at radius 3 is 2.56 bits per heavy atom. The number of anilines is 1. The number of amides is 2. The second-order valence-electron chi connectivity index (χ2n) is 6.20. The number of likely N-dealkylation sites (N-methyl/N-ethyl adjacent to an activating group) is 1. The molecule has 2 rings (SSSR count). The van der Waals surface area contributed by atoms with Gasteiger partial charge < -0.3 is 15.5 Å². The van der Waals surface area contributed by atoms with E-state index in [9.17, 15) is 9.59 Å². The van der Waals surface area contributed by atoms with Gasteiger partial charge in [-0.2, -0.15) is 5.26 Å². The first-order chi connectivity index (χ1) is 12.9. The summed E-state index contributed by atoms with van der Waals surface area (Å²) in [5, 5.41) is 14.5. The van der Waals surface area contributed by atoms with E-state index in [1.54, 1.807) is 30.3 Å². The van der Waals surface area contributed by atoms with Crippen LogP contribution >= 0.6 is 11.6 Å². The van der Waals surface area contributed by atoms with Crippen molar-refractivity contribution in [2.75, 3.05) is 26.0 Å². The number of nitriles is 1. The predicted molar refractivity (Wildman–Crippen MR) is 105 cm³/mol. The summed E-state index contributed by atoms with van der Waals surface area (Å²) in [6.07, 6.45) is 0.234. The monoisotopic (exact) mass is 384 g/mol. The molecule has 0 fully saturated rings. The minimum absolute atomic E-state index is 0.172. The number of halogens is 1. The molecule has 1 atom stereocenters. The molecule has 140 valence electrons. The van der Waals surface area contributed by atoms with Crippen LogP contribution in [0.4, 0.5) is 5.69 Å². The van der Waals surface area contributed by atoms with Gasteiger partial charge in [-0.05, 0) is 43.4 Å². The van der Waals surface area contributed by atoms with E-state index in [4.69, 9.17) is 16.9 Å². The van der Waals surface area contributed by atoms with Gasteiger partial charge in [0.2, 0.25) is 0 Å². The van der Waals surface area contributed by atoms with E-state index in [0.717, 1.165) is 11.1 Å². The highest BCUT2D eigenvalue weighted by molar-refractivity contribution is 6.39. The van der Waals surface area contributed by atoms with Gasteiger partial charge in [-0.15, -0.1) is 0 Å². The number of hydrogen-bond acceptors (Lipinski definition) is 4. The van der Waals surface area contributed by atoms with Crippen LogP contribution in [0.25, 0.3) is 0 Å². The van der Waals surface area contributed by atoms with Crippen molar-refractivity contribution in [3.05, 3.63) is 64.7 Å². The van der Waals surface area contributed by atoms with Crippen LogP contribution in [0, 0.1) is 11.3 Å². The molecule has 0 saturated carbocycles. The Hall–Kier alpha value is -2.88. The van der Waals surface area contributed by atoms with E-state index in [1.807, 2.05) is 43.3 Å². The second kappa shape index (κ2) is 9.72. The molecule has 0 aromatic heterocycles. The molecule has 0 radical (unpaired) electrons. The van der Waals surface area contributed by atoms with Crippen molar-refractivity contribution < 1.29 is 9.59 Å². The van der Waals surface area contributed by atoms with E-state index in [0.29, 0.717) is 10.7 Å². The summed E-state index contributed by atoms with van der Waals surface area (Å²) in [4.78, 5) is 26.2. The van der Waals surface area contributed by atoms with Gasteiger partial charge in [-0.3, -0.25) is 9.59 Å². The van der Waals surface area contributed by atoms with E-state index in [-0.39, 0.29) is 19.0 Å². The average Bonchev–Trinajstić information content (AvgIpc) is 2.63. The fraction of sp³-hybridized carbons (Fsp3) is 0.250. The lowest BCUT2D eigenvalue weighted by atomic mass is 10.1. The van der Waals surface area contributed by atoms with Gasteiger partial charge >= 0.3 is 11.8 Å². The summed E-state index contributed by atoms with van der Waals surface area (Å²) >= 11 is 6.25. The van der Waals surface area contributed by atoms with E-state index in [1.165, 1.54) is 0 Å². The Balaban J connectivity index is 1.99. The first kappa shape index (κ1) is 20.4. The summed E-state index contributed by atoms with van der Waals surface area (Å²) in [6, 6.07) is 16.1. The number of nitrogens with zero attached hydrogens (tertiary/aromatic N) is 2. The fourth-order valence-electron chi connectivity index (χ4n) is 2.62. The molecule has 2 amide bonds. The molecule has 0 aliphatic heterocycles. The summed E-state index contributed by atoms with van der Waals surface area (Å²) in [6.45, 7) is 0.234. The molecule has 0 heterocycles. The van der Waals surface area contributed by atoms with Crippen molar-refractivity contribution in [3.8, 4) is 6.07 Å². The molecule has 0 saturated heterocycles. The Labute approximate surface area is 163 Å². The van der Waals surface area contributed by atoms with Crippen molar-refractivity contribution in [1.82, 2.24) is 10.2 Å². The molecule has 2 aromatic carbocycles. The van der Waals surface area contributed by atoms with Crippen molar-refractivity contribution in [3.63, 3.8) is 0 Å². The van der Waals surface area contributed by atoms with Crippen molar-refractivity contribution >= 4 is 29.1 Å². The molecule has 27 heavy (non-hydrogen) atoms. The first-order valence-electron chi connectivity index (χ1n) is 8.38. The summed E-state index contributed by atoms with van der Waals surface area (Å²) in [5.41, 5.74) is 2.11. The molecular formula is C20H21ClN4O2. The number of hydrogen-bond donors (Lipinski definition) is 2. The number of benzene rings is 2. The van der Waals surface area contributed by atoms with Gasteiger partial charge in [0.25, 0.3) is 0 Å². The number of carbonyl (C=O) groups excluding carboxylic acids is 2. The maximum absolute atomic E-state index is 12.2. The normalized spacial score (nSPS) is 11.5. The second-order valence-corrected chi connectivity index (χ2v) is 6.61. The van der Waals surface area contributed by atoms with Crippen LogP contribution in [0.5, 0.6) is 0 Å². The Kier molecular flexibility index (Phi) is 7.35. The highest BCUT2D eigenvalue weighted by Gasteiger charge is 2.20. The summed E-state index contributed by atoms with van der Waals surface area (Å²) in [5.74, 6) is -1.50. The Morgan fingerprint density at radius 2 is 1.89 bits per heavy atom. The first-order valence-corrected chi connectivity index (χ1v) is 8.76. The smallest absolute Gasteiger partial charge is 0.313 e. The Bertz CT molecular complexity index is 861. The quantitative estimate of drug-likeness (QED) is 0.750. The van der Waals surface area contributed by atoms with Crippen LogP contribution in [0.1, 0.15) is 17.2 Å². The SMILES string of the molecule is CN(C)C(CNC(=O)C(=O)Nc1cccc(CC#N)c1)c1ccccc1Cl. The summed E-state index contributed by atoms with van der Waals surface area (Å²) in [7, 11) is 3.75. The zero-order valence-electron chi connectivity index (χ0n) is 15.2. The molecule has 2 N–H and O–H groups in total. The van der Waals surface area contributed by atoms with Crippen molar-refractivity contribution in [2.45, 2.75) is 12.5 Å². The number of carbonyl (C=O) groups is 2. The van der Waals surface area contributed by atoms with Crippen LogP contribution in [-0.4, -0.2) is 37.4 Å². The minimum atomic E-state index is -0.763. The standard InChI is InChI=1S/C20H21ClN4O2/c1-25(2)18(16-8-3-4-9-17(16)21)13-23-19(26)20(27)24-15-7-5-6-14(12-15)10-11-22/h3-9,12,18H,10,13H2,1-2H3,(H,23,26)(H,24,27). The maximum atomic E-state index is 12.2. The average molecular weight is 385 g/mol. The lowest BCUT2D eigenvalue weighted by molar-refractivity contribution is -0.136. The highest BCUT2D eigenvalue weighted by Crippen LogP contribution is 2.25. The predicted octanol–water partition coefficient (Wildman–Crippen LogP) is 2.76. The van der Waals surface area contributed by atoms with E-state index >= 15 is 0 Å². The maximum Gasteiger partial charge on any atom is 0.313 e. The van der Waals surface area contributed by atoms with Gasteiger partial charge in [0.15, 0.2) is 0 Å². The highest BCUT2D eigenvalue weighted by atomic mass is 35.5. The largest absolute Gasteiger partial charge is 0.346 e. The molecule has 0 aliphatic carbocycles. The van der Waals surface area contributed by atoms with Crippen LogP contribution in [-0.2, 0) is 16.0 Å². The molecule has 0 aliphatic rings. The van der Waals surface area contributed by atoms with Gasteiger partial charge in [0.1, 0.15) is 0 Å². The molecule has 2 aromatic rings. The topological polar surface area (TPSA) is 85.2 Å². The number of nitrogens with one attached hydrogen (secondary N) is 2. The third-order valence-corrected chi connectivity index (χ3v) is 4.36. The Morgan fingerprint density at radius 1 is 1.15 bits per heavy atom. The van der Waals surface area contributed by atoms with Crippen LogP contribution in [0.15, 0.2) is 48.5 Å². The zero-order chi connectivity index (χ0) is 19.8. The molecule has 0 spiro atoms. The van der Waals surface area contributed by atoms with Crippen molar-refractivity contribution in [1.29, 1.82) is 5.26 Å². The van der Waals surface area contributed by atoms with Crippen LogP contribution in [0.2, 0.25) is 5.02 Å². The lowest BCUT2D eigenvalue weighted by Gasteiger charge is -2.25. The van der Waals surface area contributed by atoms with Gasteiger partial charge in [0.05, 0.1) is 18.5 Å². The third-order valence-electron chi connectivity index (χ3n) is 4.02. The van der Waals surface area contributed by atoms with E-state index < -0.39 is 11.8 Å². The van der Waals surface area contributed by atoms with Crippen molar-refractivity contribution in [2.24, 2.45) is 0 Å². The van der Waals surface area contributed by atoms with Gasteiger partial charge in [0, 0.05) is 17.3 Å². The van der Waals surface area contributed by atoms with Gasteiger partial charge in [-0.25, -0.2) is 0 Å². The molecule has 6 nitrogen and oxygen atoms in total. The molecule has 1 unspecified atom stereocenters. The van der Waals surface area contributed by atoms with Gasteiger partial charge in [-0.1, -0.05) is 41.9 Å². The van der Waals surface area contributed by atoms with Crippen LogP contribution in [0.3, 0.4) is 0 Å². The lowest BCUT2D eigenvalue weighted by Crippen LogP contribution is -2.40. The van der Waals surface area contributed by atoms with E-state index in [2.05, 4.69) is 10.6 Å².